The van der Waals surface area contributed by atoms with Crippen LogP contribution in [0.3, 0.4) is 0 Å². The summed E-state index contributed by atoms with van der Waals surface area (Å²) in [6, 6.07) is 14.6. The second-order valence-corrected chi connectivity index (χ2v) is 8.11. The van der Waals surface area contributed by atoms with E-state index in [2.05, 4.69) is 40.3 Å². The molecule has 3 aromatic rings. The van der Waals surface area contributed by atoms with E-state index < -0.39 is 0 Å². The fourth-order valence-corrected chi connectivity index (χ4v) is 4.74. The zero-order valence-electron chi connectivity index (χ0n) is 13.4. The average molecular weight is 376 g/mol. The minimum atomic E-state index is 0.797. The van der Waals surface area contributed by atoms with Gasteiger partial charge < -0.3 is 9.80 Å². The van der Waals surface area contributed by atoms with Crippen molar-refractivity contribution in [3.8, 4) is 0 Å². The lowest BCUT2D eigenvalue weighted by atomic mass is 10.2. The van der Waals surface area contributed by atoms with E-state index >= 15 is 0 Å². The monoisotopic (exact) mass is 375 g/mol. The van der Waals surface area contributed by atoms with Gasteiger partial charge in [-0.05, 0) is 42.7 Å². The van der Waals surface area contributed by atoms with Crippen molar-refractivity contribution in [3.05, 3.63) is 47.5 Å². The quantitative estimate of drug-likeness (QED) is 0.600. The van der Waals surface area contributed by atoms with Crippen LogP contribution >= 0.6 is 34.7 Å². The van der Waals surface area contributed by atoms with Gasteiger partial charge in [0, 0.05) is 41.8 Å². The van der Waals surface area contributed by atoms with Crippen molar-refractivity contribution in [1.82, 2.24) is 4.98 Å². The molecule has 24 heavy (non-hydrogen) atoms. The van der Waals surface area contributed by atoms with Crippen LogP contribution in [-0.2, 0) is 0 Å². The van der Waals surface area contributed by atoms with Gasteiger partial charge in [-0.15, -0.1) is 11.8 Å². The highest BCUT2D eigenvalue weighted by molar-refractivity contribution is 7.98. The number of fused-ring (bicyclic) bond motifs is 1. The Morgan fingerprint density at radius 2 is 1.83 bits per heavy atom. The molecule has 1 fully saturated rings. The lowest BCUT2D eigenvalue weighted by Crippen LogP contribution is -2.46. The molecular weight excluding hydrogens is 358 g/mol. The van der Waals surface area contributed by atoms with Crippen LogP contribution in [-0.4, -0.2) is 37.4 Å². The summed E-state index contributed by atoms with van der Waals surface area (Å²) < 4.78 is 1.27. The van der Waals surface area contributed by atoms with Gasteiger partial charge in [0.15, 0.2) is 5.13 Å². The smallest absolute Gasteiger partial charge is 0.186 e. The van der Waals surface area contributed by atoms with Gasteiger partial charge in [0.1, 0.15) is 0 Å². The second kappa shape index (κ2) is 6.82. The number of rotatable bonds is 3. The standard InChI is InChI=1S/C18H18ClN3S2/c1-23-15-5-6-16-17(12-15)24-18(20-16)22-9-7-21(8-10-22)14-4-2-3-13(19)11-14/h2-6,11-12H,7-10H2,1H3. The molecule has 3 nitrogen and oxygen atoms in total. The number of piperazine rings is 1. The molecule has 0 N–H and O–H groups in total. The summed E-state index contributed by atoms with van der Waals surface area (Å²) in [7, 11) is 0. The Kier molecular flexibility index (Phi) is 4.57. The Balaban J connectivity index is 1.49. The van der Waals surface area contributed by atoms with Gasteiger partial charge in [-0.2, -0.15) is 0 Å². The number of anilines is 2. The van der Waals surface area contributed by atoms with Crippen LogP contribution in [0.15, 0.2) is 47.4 Å². The molecule has 1 aromatic heterocycles. The maximum Gasteiger partial charge on any atom is 0.186 e. The highest BCUT2D eigenvalue weighted by Crippen LogP contribution is 2.32. The number of nitrogens with zero attached hydrogens (tertiary/aromatic N) is 3. The van der Waals surface area contributed by atoms with Gasteiger partial charge in [0.2, 0.25) is 0 Å². The fourth-order valence-electron chi connectivity index (χ4n) is 2.98. The van der Waals surface area contributed by atoms with Gasteiger partial charge in [0.05, 0.1) is 10.2 Å². The summed E-state index contributed by atoms with van der Waals surface area (Å²) in [5.41, 5.74) is 2.31. The molecule has 1 aliphatic rings. The largest absolute Gasteiger partial charge is 0.368 e. The van der Waals surface area contributed by atoms with Crippen molar-refractivity contribution in [2.24, 2.45) is 0 Å². The van der Waals surface area contributed by atoms with Crippen molar-refractivity contribution >= 4 is 55.7 Å². The van der Waals surface area contributed by atoms with Crippen LogP contribution in [0.25, 0.3) is 10.2 Å². The highest BCUT2D eigenvalue weighted by atomic mass is 35.5. The topological polar surface area (TPSA) is 19.4 Å². The van der Waals surface area contributed by atoms with E-state index in [-0.39, 0.29) is 0 Å². The SMILES string of the molecule is CSc1ccc2nc(N3CCN(c4cccc(Cl)c4)CC3)sc2c1. The predicted molar refractivity (Wildman–Crippen MR) is 107 cm³/mol. The maximum atomic E-state index is 6.11. The van der Waals surface area contributed by atoms with Crippen LogP contribution < -0.4 is 9.80 Å². The van der Waals surface area contributed by atoms with Crippen LogP contribution in [0, 0.1) is 0 Å². The van der Waals surface area contributed by atoms with E-state index in [9.17, 15) is 0 Å². The summed E-state index contributed by atoms with van der Waals surface area (Å²) in [5, 5.41) is 1.93. The molecule has 124 valence electrons. The van der Waals surface area contributed by atoms with E-state index in [4.69, 9.17) is 16.6 Å². The van der Waals surface area contributed by atoms with E-state index in [0.29, 0.717) is 0 Å². The number of aromatic nitrogens is 1. The summed E-state index contributed by atoms with van der Waals surface area (Å²) in [5.74, 6) is 0. The number of hydrogen-bond donors (Lipinski definition) is 0. The minimum absolute atomic E-state index is 0.797. The Hall–Kier alpha value is -1.43. The Morgan fingerprint density at radius 1 is 1.04 bits per heavy atom. The normalized spacial score (nSPS) is 15.2. The van der Waals surface area contributed by atoms with Gasteiger partial charge >= 0.3 is 0 Å². The molecule has 0 radical (unpaired) electrons. The molecule has 0 saturated carbocycles. The van der Waals surface area contributed by atoms with Crippen LogP contribution in [0.2, 0.25) is 5.02 Å². The summed E-state index contributed by atoms with van der Waals surface area (Å²) >= 11 is 9.68. The van der Waals surface area contributed by atoms with Gasteiger partial charge in [-0.1, -0.05) is 29.0 Å². The number of hydrogen-bond acceptors (Lipinski definition) is 5. The molecule has 1 saturated heterocycles. The highest BCUT2D eigenvalue weighted by Gasteiger charge is 2.20. The molecule has 0 bridgehead atoms. The summed E-state index contributed by atoms with van der Waals surface area (Å²) in [6.45, 7) is 3.96. The molecule has 0 spiro atoms. The van der Waals surface area contributed by atoms with Crippen molar-refractivity contribution in [2.75, 3.05) is 42.2 Å². The van der Waals surface area contributed by atoms with Gasteiger partial charge in [0.25, 0.3) is 0 Å². The maximum absolute atomic E-state index is 6.11. The van der Waals surface area contributed by atoms with Crippen molar-refractivity contribution in [1.29, 1.82) is 0 Å². The lowest BCUT2D eigenvalue weighted by Gasteiger charge is -2.36. The fraction of sp³-hybridized carbons (Fsp3) is 0.278. The molecule has 0 unspecified atom stereocenters. The number of thiazole rings is 1. The average Bonchev–Trinajstić information content (AvgIpc) is 3.05. The first kappa shape index (κ1) is 16.1. The molecule has 2 heterocycles. The first-order chi connectivity index (χ1) is 11.7. The number of benzene rings is 2. The third kappa shape index (κ3) is 3.21. The van der Waals surface area contributed by atoms with E-state index in [1.807, 2.05) is 18.2 Å². The molecular formula is C18H18ClN3S2. The molecule has 2 aromatic carbocycles. The molecule has 0 amide bonds. The van der Waals surface area contributed by atoms with Crippen LogP contribution in [0.5, 0.6) is 0 Å². The molecule has 6 heteroatoms. The third-order valence-corrected chi connectivity index (χ3v) is 6.35. The van der Waals surface area contributed by atoms with E-state index in [0.717, 1.165) is 41.8 Å². The Morgan fingerprint density at radius 3 is 2.58 bits per heavy atom. The number of thioether (sulfide) groups is 1. The van der Waals surface area contributed by atoms with Crippen molar-refractivity contribution in [3.63, 3.8) is 0 Å². The minimum Gasteiger partial charge on any atom is -0.368 e. The predicted octanol–water partition coefficient (Wildman–Crippen LogP) is 5.00. The van der Waals surface area contributed by atoms with Crippen LogP contribution in [0.4, 0.5) is 10.8 Å². The first-order valence-corrected chi connectivity index (χ1v) is 10.3. The van der Waals surface area contributed by atoms with Crippen molar-refractivity contribution in [2.45, 2.75) is 4.90 Å². The molecule has 0 atom stereocenters. The van der Waals surface area contributed by atoms with Gasteiger partial charge in [-0.3, -0.25) is 0 Å². The van der Waals surface area contributed by atoms with E-state index in [1.165, 1.54) is 15.3 Å². The lowest BCUT2D eigenvalue weighted by molar-refractivity contribution is 0.652. The van der Waals surface area contributed by atoms with E-state index in [1.54, 1.807) is 23.1 Å². The van der Waals surface area contributed by atoms with Gasteiger partial charge in [-0.25, -0.2) is 4.98 Å². The van der Waals surface area contributed by atoms with Crippen LogP contribution in [0.1, 0.15) is 0 Å². The molecule has 4 rings (SSSR count). The molecule has 0 aliphatic carbocycles. The summed E-state index contributed by atoms with van der Waals surface area (Å²) in [4.78, 5) is 10.9. The zero-order chi connectivity index (χ0) is 16.5. The Bertz CT molecular complexity index is 856. The second-order valence-electron chi connectivity index (χ2n) is 5.78. The number of halogens is 1. The summed E-state index contributed by atoms with van der Waals surface area (Å²) in [6.07, 6.45) is 2.11. The first-order valence-electron chi connectivity index (χ1n) is 7.93. The third-order valence-electron chi connectivity index (χ3n) is 4.31. The Labute approximate surface area is 155 Å². The zero-order valence-corrected chi connectivity index (χ0v) is 15.8. The van der Waals surface area contributed by atoms with Crippen molar-refractivity contribution < 1.29 is 0 Å². The molecule has 1 aliphatic heterocycles.